The Bertz CT molecular complexity index is 499. The average Bonchev–Trinajstić information content (AvgIpc) is 2.36. The van der Waals surface area contributed by atoms with Gasteiger partial charge in [-0.3, -0.25) is 4.79 Å². The highest BCUT2D eigenvalue weighted by Gasteiger charge is 2.36. The maximum atomic E-state index is 12.8. The Morgan fingerprint density at radius 3 is 2.75 bits per heavy atom. The van der Waals surface area contributed by atoms with E-state index in [9.17, 15) is 4.79 Å². The Hall–Kier alpha value is -1.06. The number of nitrogens with one attached hydrogen (secondary N) is 1. The van der Waals surface area contributed by atoms with Gasteiger partial charge < -0.3 is 10.2 Å². The zero-order chi connectivity index (χ0) is 14.9. The van der Waals surface area contributed by atoms with E-state index in [2.05, 4.69) is 33.0 Å². The Kier molecular flexibility index (Phi) is 4.40. The van der Waals surface area contributed by atoms with Crippen LogP contribution in [0.1, 0.15) is 38.1 Å². The zero-order valence-corrected chi connectivity index (χ0v) is 13.4. The van der Waals surface area contributed by atoms with Gasteiger partial charge >= 0.3 is 0 Å². The fourth-order valence-corrected chi connectivity index (χ4v) is 2.89. The fraction of sp³-hybridized carbons (Fsp3) is 0.562. The van der Waals surface area contributed by atoms with Gasteiger partial charge in [-0.05, 0) is 38.0 Å². The van der Waals surface area contributed by atoms with Crippen molar-refractivity contribution < 1.29 is 4.79 Å². The van der Waals surface area contributed by atoms with Gasteiger partial charge in [0.25, 0.3) is 5.91 Å². The van der Waals surface area contributed by atoms with Crippen LogP contribution in [0.4, 0.5) is 0 Å². The molecule has 1 unspecified atom stereocenters. The molecule has 0 aromatic heterocycles. The van der Waals surface area contributed by atoms with Crippen molar-refractivity contribution in [3.63, 3.8) is 0 Å². The van der Waals surface area contributed by atoms with Crippen molar-refractivity contribution in [1.29, 1.82) is 0 Å². The van der Waals surface area contributed by atoms with E-state index in [4.69, 9.17) is 11.6 Å². The molecule has 2 rings (SSSR count). The van der Waals surface area contributed by atoms with Crippen LogP contribution in [0.25, 0.3) is 0 Å². The van der Waals surface area contributed by atoms with E-state index in [1.165, 1.54) is 0 Å². The van der Waals surface area contributed by atoms with Crippen LogP contribution in [0.2, 0.25) is 5.02 Å². The normalized spacial score (nSPS) is 22.1. The molecule has 1 aliphatic rings. The number of hydrogen-bond donors (Lipinski definition) is 1. The van der Waals surface area contributed by atoms with E-state index in [1.807, 2.05) is 17.0 Å². The molecule has 1 aromatic carbocycles. The largest absolute Gasteiger partial charge is 0.332 e. The molecule has 1 N–H and O–H groups in total. The van der Waals surface area contributed by atoms with E-state index in [0.717, 1.165) is 6.54 Å². The monoisotopic (exact) mass is 294 g/mol. The number of hydrogen-bond acceptors (Lipinski definition) is 2. The highest BCUT2D eigenvalue weighted by molar-refractivity contribution is 6.30. The minimum absolute atomic E-state index is 0.0559. The molecule has 0 aliphatic carbocycles. The molecule has 0 saturated carbocycles. The molecular formula is C16H23ClN2O. The summed E-state index contributed by atoms with van der Waals surface area (Å²) in [4.78, 5) is 14.8. The van der Waals surface area contributed by atoms with Gasteiger partial charge in [0.15, 0.2) is 0 Å². The highest BCUT2D eigenvalue weighted by Crippen LogP contribution is 2.23. The third kappa shape index (κ3) is 3.33. The Morgan fingerprint density at radius 1 is 1.45 bits per heavy atom. The molecular weight excluding hydrogens is 272 g/mol. The molecule has 110 valence electrons. The van der Waals surface area contributed by atoms with Crippen LogP contribution in [-0.4, -0.2) is 35.5 Å². The minimum Gasteiger partial charge on any atom is -0.332 e. The predicted molar refractivity (Wildman–Crippen MR) is 83.2 cm³/mol. The quantitative estimate of drug-likeness (QED) is 0.908. The summed E-state index contributed by atoms with van der Waals surface area (Å²) in [5.74, 6) is 0.488. The molecule has 20 heavy (non-hydrogen) atoms. The van der Waals surface area contributed by atoms with Crippen LogP contribution in [0.15, 0.2) is 24.3 Å². The first-order valence-corrected chi connectivity index (χ1v) is 7.49. The van der Waals surface area contributed by atoms with E-state index in [0.29, 0.717) is 23.0 Å². The molecule has 1 saturated heterocycles. The molecule has 1 aromatic rings. The first kappa shape index (κ1) is 15.3. The summed E-state index contributed by atoms with van der Waals surface area (Å²) in [6.07, 6.45) is 0. The van der Waals surface area contributed by atoms with Gasteiger partial charge in [0.05, 0.1) is 0 Å². The lowest BCUT2D eigenvalue weighted by Crippen LogP contribution is -2.64. The molecule has 1 heterocycles. The number of benzene rings is 1. The summed E-state index contributed by atoms with van der Waals surface area (Å²) >= 11 is 6.00. The summed E-state index contributed by atoms with van der Waals surface area (Å²) in [6, 6.07) is 7.42. The van der Waals surface area contributed by atoms with Crippen molar-refractivity contribution >= 4 is 17.5 Å². The van der Waals surface area contributed by atoms with Crippen LogP contribution in [0.5, 0.6) is 0 Å². The molecule has 1 amide bonds. The van der Waals surface area contributed by atoms with Crippen molar-refractivity contribution in [3.05, 3.63) is 34.9 Å². The number of amides is 1. The van der Waals surface area contributed by atoms with Crippen molar-refractivity contribution in [2.75, 3.05) is 13.1 Å². The lowest BCUT2D eigenvalue weighted by Gasteiger charge is -2.46. The lowest BCUT2D eigenvalue weighted by molar-refractivity contribution is 0.0417. The van der Waals surface area contributed by atoms with Crippen LogP contribution in [-0.2, 0) is 0 Å². The second-order valence-electron chi connectivity index (χ2n) is 6.52. The minimum atomic E-state index is -0.0559. The Balaban J connectivity index is 2.28. The molecule has 4 heteroatoms. The number of carbonyl (C=O) groups is 1. The van der Waals surface area contributed by atoms with E-state index >= 15 is 0 Å². The fourth-order valence-electron chi connectivity index (χ4n) is 2.70. The maximum Gasteiger partial charge on any atom is 0.254 e. The van der Waals surface area contributed by atoms with Crippen LogP contribution < -0.4 is 5.32 Å². The van der Waals surface area contributed by atoms with Crippen molar-refractivity contribution in [2.45, 2.75) is 39.3 Å². The molecule has 0 bridgehead atoms. The van der Waals surface area contributed by atoms with Crippen LogP contribution in [0.3, 0.4) is 0 Å². The summed E-state index contributed by atoms with van der Waals surface area (Å²) in [5.41, 5.74) is 0.612. The molecule has 1 aliphatic heterocycles. The lowest BCUT2D eigenvalue weighted by atomic mass is 9.92. The van der Waals surface area contributed by atoms with Gasteiger partial charge in [-0.1, -0.05) is 31.5 Å². The first-order chi connectivity index (χ1) is 9.30. The van der Waals surface area contributed by atoms with Gasteiger partial charge in [0.1, 0.15) is 0 Å². The number of carbonyl (C=O) groups excluding carboxylic acids is 1. The van der Waals surface area contributed by atoms with Crippen molar-refractivity contribution in [1.82, 2.24) is 10.2 Å². The Morgan fingerprint density at radius 2 is 2.15 bits per heavy atom. The second-order valence-corrected chi connectivity index (χ2v) is 6.96. The van der Waals surface area contributed by atoms with Crippen molar-refractivity contribution in [2.24, 2.45) is 5.92 Å². The van der Waals surface area contributed by atoms with Gasteiger partial charge in [0.2, 0.25) is 0 Å². The van der Waals surface area contributed by atoms with E-state index in [1.54, 1.807) is 12.1 Å². The molecule has 1 atom stereocenters. The summed E-state index contributed by atoms with van der Waals surface area (Å²) in [5, 5.41) is 4.12. The van der Waals surface area contributed by atoms with Crippen LogP contribution >= 0.6 is 11.6 Å². The third-order valence-electron chi connectivity index (χ3n) is 3.86. The summed E-state index contributed by atoms with van der Waals surface area (Å²) < 4.78 is 0. The summed E-state index contributed by atoms with van der Waals surface area (Å²) in [7, 11) is 0. The van der Waals surface area contributed by atoms with E-state index < -0.39 is 0 Å². The molecule has 0 radical (unpaired) electrons. The van der Waals surface area contributed by atoms with Crippen LogP contribution in [0, 0.1) is 5.92 Å². The summed E-state index contributed by atoms with van der Waals surface area (Å²) in [6.45, 7) is 10.1. The number of rotatable bonds is 2. The number of piperazine rings is 1. The Labute approximate surface area is 126 Å². The first-order valence-electron chi connectivity index (χ1n) is 7.12. The number of nitrogens with zero attached hydrogens (tertiary/aromatic N) is 1. The molecule has 3 nitrogen and oxygen atoms in total. The topological polar surface area (TPSA) is 32.3 Å². The smallest absolute Gasteiger partial charge is 0.254 e. The SMILES string of the molecule is CC(C)C1CNC(C)(C)CN1C(=O)c1cccc(Cl)c1. The highest BCUT2D eigenvalue weighted by atomic mass is 35.5. The van der Waals surface area contributed by atoms with Gasteiger partial charge in [-0.15, -0.1) is 0 Å². The van der Waals surface area contributed by atoms with Gasteiger partial charge in [0, 0.05) is 35.3 Å². The second kappa shape index (κ2) is 5.74. The standard InChI is InChI=1S/C16H23ClN2O/c1-11(2)14-9-18-16(3,4)10-19(14)15(20)12-6-5-7-13(17)8-12/h5-8,11,14,18H,9-10H2,1-4H3. The molecule has 1 fully saturated rings. The molecule has 0 spiro atoms. The third-order valence-corrected chi connectivity index (χ3v) is 4.09. The van der Waals surface area contributed by atoms with E-state index in [-0.39, 0.29) is 17.5 Å². The average molecular weight is 295 g/mol. The maximum absolute atomic E-state index is 12.8. The number of halogens is 1. The predicted octanol–water partition coefficient (Wildman–Crippen LogP) is 3.19. The van der Waals surface area contributed by atoms with Gasteiger partial charge in [-0.2, -0.15) is 0 Å². The van der Waals surface area contributed by atoms with Crippen molar-refractivity contribution in [3.8, 4) is 0 Å². The zero-order valence-electron chi connectivity index (χ0n) is 12.6. The van der Waals surface area contributed by atoms with Gasteiger partial charge in [-0.25, -0.2) is 0 Å².